The molecule has 0 unspecified atom stereocenters. The maximum Gasteiger partial charge on any atom is 0.0406 e. The van der Waals surface area contributed by atoms with Crippen LogP contribution in [0.4, 0.5) is 0 Å². The summed E-state index contributed by atoms with van der Waals surface area (Å²) < 4.78 is 0. The predicted octanol–water partition coefficient (Wildman–Crippen LogP) is 7.99. The first-order valence-corrected chi connectivity index (χ1v) is 9.18. The van der Waals surface area contributed by atoms with E-state index in [1.165, 1.54) is 22.3 Å². The molecule has 0 atom stereocenters. The van der Waals surface area contributed by atoms with Crippen LogP contribution < -0.4 is 0 Å². The molecule has 0 aliphatic heterocycles. The molecule has 0 saturated heterocycles. The van der Waals surface area contributed by atoms with Crippen LogP contribution in [-0.2, 0) is 0 Å². The van der Waals surface area contributed by atoms with E-state index in [0.717, 1.165) is 21.2 Å². The van der Waals surface area contributed by atoms with Crippen LogP contribution in [0.3, 0.4) is 0 Å². The lowest BCUT2D eigenvalue weighted by Crippen LogP contribution is -1.85. The summed E-state index contributed by atoms with van der Waals surface area (Å²) in [6, 6.07) is 33.0. The van der Waals surface area contributed by atoms with Gasteiger partial charge in [0.1, 0.15) is 0 Å². The van der Waals surface area contributed by atoms with Gasteiger partial charge >= 0.3 is 0 Å². The van der Waals surface area contributed by atoms with E-state index in [-0.39, 0.29) is 0 Å². The van der Waals surface area contributed by atoms with Crippen molar-refractivity contribution in [1.29, 1.82) is 0 Å². The van der Waals surface area contributed by atoms with Crippen LogP contribution in [-0.4, -0.2) is 0 Å². The Hall–Kier alpha value is -2.54. The van der Waals surface area contributed by atoms with Crippen molar-refractivity contribution < 1.29 is 0 Å². The maximum atomic E-state index is 6.03. The third-order valence-corrected chi connectivity index (χ3v) is 4.96. The molecular weight excluding hydrogens is 359 g/mol. The molecule has 4 rings (SSSR count). The Morgan fingerprint density at radius 1 is 0.346 bits per heavy atom. The molecule has 0 saturated carbocycles. The molecule has 126 valence electrons. The summed E-state index contributed by atoms with van der Waals surface area (Å²) in [4.78, 5) is 0. The van der Waals surface area contributed by atoms with Crippen molar-refractivity contribution >= 4 is 23.2 Å². The molecule has 0 aromatic heterocycles. The highest BCUT2D eigenvalue weighted by Crippen LogP contribution is 2.33. The fourth-order valence-corrected chi connectivity index (χ4v) is 3.35. The van der Waals surface area contributed by atoms with E-state index in [2.05, 4.69) is 60.7 Å². The van der Waals surface area contributed by atoms with Crippen LogP contribution >= 0.6 is 23.2 Å². The van der Waals surface area contributed by atoms with Gasteiger partial charge in [0.15, 0.2) is 0 Å². The minimum Gasteiger partial charge on any atom is -0.0843 e. The van der Waals surface area contributed by atoms with E-state index in [1.54, 1.807) is 0 Å². The molecule has 0 aliphatic rings. The molecule has 0 radical (unpaired) electrons. The molecule has 0 bridgehead atoms. The van der Waals surface area contributed by atoms with Gasteiger partial charge in [0.05, 0.1) is 0 Å². The molecule has 4 aromatic carbocycles. The normalized spacial score (nSPS) is 10.7. The van der Waals surface area contributed by atoms with Gasteiger partial charge in [0.25, 0.3) is 0 Å². The van der Waals surface area contributed by atoms with Crippen molar-refractivity contribution in [2.45, 2.75) is 0 Å². The van der Waals surface area contributed by atoms with Crippen LogP contribution in [0.1, 0.15) is 0 Å². The second kappa shape index (κ2) is 7.37. The number of hydrogen-bond acceptors (Lipinski definition) is 0. The van der Waals surface area contributed by atoms with Gasteiger partial charge in [0.2, 0.25) is 0 Å². The maximum absolute atomic E-state index is 6.03. The van der Waals surface area contributed by atoms with Crippen LogP contribution in [0.15, 0.2) is 97.1 Å². The second-order valence-electron chi connectivity index (χ2n) is 6.14. The van der Waals surface area contributed by atoms with E-state index in [1.807, 2.05) is 36.4 Å². The zero-order valence-corrected chi connectivity index (χ0v) is 15.5. The van der Waals surface area contributed by atoms with E-state index < -0.39 is 0 Å². The Balaban J connectivity index is 1.72. The Morgan fingerprint density at radius 2 is 0.654 bits per heavy atom. The Bertz CT molecular complexity index is 1020. The molecule has 0 nitrogen and oxygen atoms in total. The molecular formula is C24H16Cl2. The number of benzene rings is 4. The summed E-state index contributed by atoms with van der Waals surface area (Å²) in [7, 11) is 0. The lowest BCUT2D eigenvalue weighted by molar-refractivity contribution is 1.57. The van der Waals surface area contributed by atoms with Crippen molar-refractivity contribution in [2.24, 2.45) is 0 Å². The Labute approximate surface area is 163 Å². The molecule has 0 aliphatic carbocycles. The first-order chi connectivity index (χ1) is 12.7. The van der Waals surface area contributed by atoms with Gasteiger partial charge in [-0.25, -0.2) is 0 Å². The Morgan fingerprint density at radius 3 is 1.08 bits per heavy atom. The number of hydrogen-bond donors (Lipinski definition) is 0. The molecule has 0 amide bonds. The predicted molar refractivity (Wildman–Crippen MR) is 113 cm³/mol. The minimum atomic E-state index is 0.749. The van der Waals surface area contributed by atoms with Crippen molar-refractivity contribution in [3.63, 3.8) is 0 Å². The highest BCUT2D eigenvalue weighted by molar-refractivity contribution is 6.30. The monoisotopic (exact) mass is 374 g/mol. The number of halogens is 2. The van der Waals surface area contributed by atoms with Crippen LogP contribution in [0.25, 0.3) is 33.4 Å². The lowest BCUT2D eigenvalue weighted by Gasteiger charge is -2.11. The highest BCUT2D eigenvalue weighted by atomic mass is 35.5. The average Bonchev–Trinajstić information content (AvgIpc) is 2.69. The molecule has 0 spiro atoms. The molecule has 2 heteroatoms. The fraction of sp³-hybridized carbons (Fsp3) is 0. The smallest absolute Gasteiger partial charge is 0.0406 e. The van der Waals surface area contributed by atoms with E-state index >= 15 is 0 Å². The largest absolute Gasteiger partial charge is 0.0843 e. The third-order valence-electron chi connectivity index (χ3n) is 4.46. The van der Waals surface area contributed by atoms with Gasteiger partial charge in [-0.15, -0.1) is 0 Å². The standard InChI is InChI=1S/C24H16Cl2/c25-21-13-9-18(10-14-21)17-5-7-19(8-6-17)23-3-1-2-4-24(23)20-11-15-22(26)16-12-20/h1-16H. The average molecular weight is 375 g/mol. The highest BCUT2D eigenvalue weighted by Gasteiger charge is 2.07. The molecule has 0 N–H and O–H groups in total. The van der Waals surface area contributed by atoms with Gasteiger partial charge in [-0.2, -0.15) is 0 Å². The van der Waals surface area contributed by atoms with Gasteiger partial charge in [-0.3, -0.25) is 0 Å². The molecule has 26 heavy (non-hydrogen) atoms. The first kappa shape index (κ1) is 16.9. The van der Waals surface area contributed by atoms with Gasteiger partial charge in [0, 0.05) is 10.0 Å². The van der Waals surface area contributed by atoms with E-state index in [9.17, 15) is 0 Å². The zero-order valence-electron chi connectivity index (χ0n) is 14.0. The van der Waals surface area contributed by atoms with E-state index in [0.29, 0.717) is 0 Å². The zero-order chi connectivity index (χ0) is 17.9. The van der Waals surface area contributed by atoms with Crippen LogP contribution in [0.5, 0.6) is 0 Å². The summed E-state index contributed by atoms with van der Waals surface area (Å²) in [6.45, 7) is 0. The Kier molecular flexibility index (Phi) is 4.79. The van der Waals surface area contributed by atoms with Crippen molar-refractivity contribution in [1.82, 2.24) is 0 Å². The summed E-state index contributed by atoms with van der Waals surface area (Å²) >= 11 is 12.0. The van der Waals surface area contributed by atoms with Gasteiger partial charge in [-0.1, -0.05) is 96.0 Å². The van der Waals surface area contributed by atoms with Crippen molar-refractivity contribution in [3.05, 3.63) is 107 Å². The lowest BCUT2D eigenvalue weighted by atomic mass is 9.93. The quantitative estimate of drug-likeness (QED) is 0.340. The summed E-state index contributed by atoms with van der Waals surface area (Å²) in [5, 5.41) is 1.50. The summed E-state index contributed by atoms with van der Waals surface area (Å²) in [6.07, 6.45) is 0. The minimum absolute atomic E-state index is 0.749. The molecule has 0 heterocycles. The van der Waals surface area contributed by atoms with Crippen LogP contribution in [0.2, 0.25) is 10.0 Å². The number of rotatable bonds is 3. The third kappa shape index (κ3) is 3.53. The van der Waals surface area contributed by atoms with Crippen molar-refractivity contribution in [3.8, 4) is 33.4 Å². The summed E-state index contributed by atoms with van der Waals surface area (Å²) in [5.41, 5.74) is 7.09. The van der Waals surface area contributed by atoms with Crippen LogP contribution in [0, 0.1) is 0 Å². The topological polar surface area (TPSA) is 0 Å². The molecule has 0 fully saturated rings. The van der Waals surface area contributed by atoms with Crippen molar-refractivity contribution in [2.75, 3.05) is 0 Å². The second-order valence-corrected chi connectivity index (χ2v) is 7.01. The van der Waals surface area contributed by atoms with E-state index in [4.69, 9.17) is 23.2 Å². The van der Waals surface area contributed by atoms with Gasteiger partial charge in [-0.05, 0) is 57.6 Å². The fourth-order valence-electron chi connectivity index (χ4n) is 3.10. The van der Waals surface area contributed by atoms with Gasteiger partial charge < -0.3 is 0 Å². The first-order valence-electron chi connectivity index (χ1n) is 8.42. The summed E-state index contributed by atoms with van der Waals surface area (Å²) in [5.74, 6) is 0. The molecule has 4 aromatic rings. The SMILES string of the molecule is Clc1ccc(-c2ccc(-c3ccccc3-c3ccc(Cl)cc3)cc2)cc1.